The molecule has 5 unspecified atom stereocenters. The molecule has 258 valence electrons. The topological polar surface area (TPSA) is 30.0 Å². The molecule has 0 saturated heterocycles. The Hall–Kier alpha value is -4.43. The van der Waals surface area contributed by atoms with E-state index >= 15 is 4.57 Å². The van der Waals surface area contributed by atoms with Gasteiger partial charge in [-0.2, -0.15) is 0 Å². The van der Waals surface area contributed by atoms with Crippen LogP contribution in [0.2, 0.25) is 0 Å². The fourth-order valence-corrected chi connectivity index (χ4v) is 13.6. The molecule has 0 radical (unpaired) electrons. The second-order valence-electron chi connectivity index (χ2n) is 15.2. The molecule has 3 aromatic carbocycles. The molecule has 9 rings (SSSR count). The SMILES string of the molecule is CC1C=C(P(=O)(c2ccccc2)C2(C)C=CC(c3ccc(-c4cccc5nc(C6=CC=CCC6C)c6c(c45)C4=CC=CCC4S6)cc3)=CC2)C=CC1. The van der Waals surface area contributed by atoms with Gasteiger partial charge in [0.15, 0.2) is 7.14 Å². The van der Waals surface area contributed by atoms with Gasteiger partial charge in [0.05, 0.1) is 16.4 Å². The van der Waals surface area contributed by atoms with Crippen molar-refractivity contribution in [3.63, 3.8) is 0 Å². The van der Waals surface area contributed by atoms with Gasteiger partial charge in [-0.25, -0.2) is 4.98 Å². The summed E-state index contributed by atoms with van der Waals surface area (Å²) in [5, 5.41) is 3.10. The zero-order chi connectivity index (χ0) is 35.5. The molecule has 0 fully saturated rings. The molecule has 4 aliphatic carbocycles. The summed E-state index contributed by atoms with van der Waals surface area (Å²) in [4.78, 5) is 6.77. The van der Waals surface area contributed by atoms with Crippen LogP contribution in [0.15, 0.2) is 156 Å². The lowest BCUT2D eigenvalue weighted by atomic mass is 9.86. The van der Waals surface area contributed by atoms with Crippen molar-refractivity contribution in [3.05, 3.63) is 168 Å². The van der Waals surface area contributed by atoms with E-state index in [0.29, 0.717) is 23.5 Å². The van der Waals surface area contributed by atoms with Crippen molar-refractivity contribution in [1.82, 2.24) is 4.98 Å². The number of benzene rings is 3. The molecule has 5 aliphatic rings. The summed E-state index contributed by atoms with van der Waals surface area (Å²) >= 11 is 2.00. The first kappa shape index (κ1) is 33.4. The summed E-state index contributed by atoms with van der Waals surface area (Å²) in [6.07, 6.45) is 30.7. The molecule has 0 bridgehead atoms. The molecule has 0 N–H and O–H groups in total. The Balaban J connectivity index is 1.08. The van der Waals surface area contributed by atoms with E-state index in [-0.39, 0.29) is 0 Å². The maximum absolute atomic E-state index is 15.4. The number of nitrogens with zero attached hydrogens (tertiary/aromatic N) is 1. The van der Waals surface area contributed by atoms with Crippen molar-refractivity contribution in [2.75, 3.05) is 0 Å². The van der Waals surface area contributed by atoms with Crippen molar-refractivity contribution in [1.29, 1.82) is 0 Å². The normalized spacial score (nSPS) is 25.9. The van der Waals surface area contributed by atoms with Crippen molar-refractivity contribution in [3.8, 4) is 11.1 Å². The Morgan fingerprint density at radius 1 is 0.808 bits per heavy atom. The molecule has 1 aromatic heterocycles. The fraction of sp³-hybridized carbons (Fsp3) is 0.229. The van der Waals surface area contributed by atoms with Crippen LogP contribution in [0.25, 0.3) is 38.7 Å². The molecule has 4 heteroatoms. The van der Waals surface area contributed by atoms with E-state index in [1.165, 1.54) is 49.3 Å². The fourth-order valence-electron chi connectivity index (χ4n) is 8.71. The Labute approximate surface area is 312 Å². The quantitative estimate of drug-likeness (QED) is 0.186. The summed E-state index contributed by atoms with van der Waals surface area (Å²) < 4.78 is 15.4. The van der Waals surface area contributed by atoms with Crippen molar-refractivity contribution < 1.29 is 4.57 Å². The number of allylic oxidation sites excluding steroid dienone is 15. The molecular weight excluding hydrogens is 670 g/mol. The molecule has 52 heavy (non-hydrogen) atoms. The minimum absolute atomic E-state index is 0.380. The standard InChI is InChI=1S/C48H44NOPS/c1-32-13-11-17-38(31-32)51(50,37-15-5-4-6-16-37)48(3)29-27-35(28-30-48)34-23-25-36(26-24-34)40-20-12-21-42-44(40)45-41-19-9-10-22-43(41)52-47(45)46(49-42)39-18-8-7-14-33(39)2/h4-12,15-21,23-29,31-33,43H,13-14,22,30H2,1-3H3. The molecule has 5 atom stereocenters. The van der Waals surface area contributed by atoms with Crippen LogP contribution in [0.1, 0.15) is 63.3 Å². The van der Waals surface area contributed by atoms with Crippen molar-refractivity contribution in [2.45, 2.75) is 61.8 Å². The van der Waals surface area contributed by atoms with Gasteiger partial charge in [-0.3, -0.25) is 0 Å². The van der Waals surface area contributed by atoms with Gasteiger partial charge >= 0.3 is 0 Å². The van der Waals surface area contributed by atoms with Gasteiger partial charge in [0.25, 0.3) is 0 Å². The van der Waals surface area contributed by atoms with Gasteiger partial charge in [-0.05, 0) is 83.9 Å². The highest BCUT2D eigenvalue weighted by molar-refractivity contribution is 8.01. The maximum Gasteiger partial charge on any atom is 0.152 e. The van der Waals surface area contributed by atoms with E-state index in [4.69, 9.17) is 4.98 Å². The third-order valence-electron chi connectivity index (χ3n) is 11.7. The zero-order valence-electron chi connectivity index (χ0n) is 30.1. The lowest BCUT2D eigenvalue weighted by Gasteiger charge is -2.39. The first-order chi connectivity index (χ1) is 25.3. The van der Waals surface area contributed by atoms with Crippen molar-refractivity contribution in [2.24, 2.45) is 11.8 Å². The van der Waals surface area contributed by atoms with Crippen LogP contribution >= 0.6 is 18.9 Å². The van der Waals surface area contributed by atoms with E-state index in [1.807, 2.05) is 30.0 Å². The second-order valence-corrected chi connectivity index (χ2v) is 19.7. The van der Waals surface area contributed by atoms with Crippen LogP contribution in [0.3, 0.4) is 0 Å². The van der Waals surface area contributed by atoms with Crippen LogP contribution in [-0.2, 0) is 4.57 Å². The average Bonchev–Trinajstić information content (AvgIpc) is 3.58. The molecule has 4 aromatic rings. The highest BCUT2D eigenvalue weighted by Crippen LogP contribution is 2.67. The summed E-state index contributed by atoms with van der Waals surface area (Å²) in [5.41, 5.74) is 11.2. The highest BCUT2D eigenvalue weighted by atomic mass is 32.2. The van der Waals surface area contributed by atoms with Crippen LogP contribution in [0.5, 0.6) is 0 Å². The van der Waals surface area contributed by atoms with E-state index in [1.54, 1.807) is 0 Å². The molecule has 0 saturated carbocycles. The lowest BCUT2D eigenvalue weighted by molar-refractivity contribution is 0.562. The summed E-state index contributed by atoms with van der Waals surface area (Å²) in [7, 11) is -2.98. The van der Waals surface area contributed by atoms with E-state index in [9.17, 15) is 0 Å². The molecule has 1 aliphatic heterocycles. The Kier molecular flexibility index (Phi) is 8.49. The Morgan fingerprint density at radius 3 is 2.33 bits per heavy atom. The van der Waals surface area contributed by atoms with Crippen LogP contribution in [0.4, 0.5) is 0 Å². The minimum Gasteiger partial charge on any atom is -0.313 e. The van der Waals surface area contributed by atoms with E-state index < -0.39 is 12.3 Å². The summed E-state index contributed by atoms with van der Waals surface area (Å²) in [5.74, 6) is 0.826. The minimum atomic E-state index is -2.98. The predicted octanol–water partition coefficient (Wildman–Crippen LogP) is 13.0. The van der Waals surface area contributed by atoms with Gasteiger partial charge < -0.3 is 4.57 Å². The first-order valence-corrected chi connectivity index (χ1v) is 21.4. The van der Waals surface area contributed by atoms with Crippen LogP contribution in [-0.4, -0.2) is 15.4 Å². The van der Waals surface area contributed by atoms with Crippen LogP contribution < -0.4 is 5.30 Å². The summed E-state index contributed by atoms with van der Waals surface area (Å²) in [6, 6.07) is 25.8. The van der Waals surface area contributed by atoms with Crippen molar-refractivity contribution >= 4 is 51.8 Å². The number of thioether (sulfide) groups is 1. The number of rotatable bonds is 6. The lowest BCUT2D eigenvalue weighted by Crippen LogP contribution is -2.30. The third-order valence-corrected chi connectivity index (χ3v) is 16.9. The van der Waals surface area contributed by atoms with E-state index in [2.05, 4.69) is 148 Å². The molecular formula is C48H44NOPS. The summed E-state index contributed by atoms with van der Waals surface area (Å²) in [6.45, 7) is 6.72. The first-order valence-electron chi connectivity index (χ1n) is 18.8. The molecule has 0 spiro atoms. The molecule has 2 heterocycles. The maximum atomic E-state index is 15.4. The third kappa shape index (κ3) is 5.48. The number of aromatic nitrogens is 1. The van der Waals surface area contributed by atoms with Gasteiger partial charge in [-0.1, -0.05) is 153 Å². The number of pyridine rings is 1. The second kappa shape index (κ2) is 13.2. The monoisotopic (exact) mass is 713 g/mol. The van der Waals surface area contributed by atoms with Gasteiger partial charge in [0, 0.05) is 31.7 Å². The number of fused-ring (bicyclic) bond motifs is 5. The smallest absolute Gasteiger partial charge is 0.152 e. The van der Waals surface area contributed by atoms with Gasteiger partial charge in [0.2, 0.25) is 0 Å². The number of hydrogen-bond acceptors (Lipinski definition) is 3. The van der Waals surface area contributed by atoms with Gasteiger partial charge in [-0.15, -0.1) is 11.8 Å². The van der Waals surface area contributed by atoms with Gasteiger partial charge in [0.1, 0.15) is 0 Å². The van der Waals surface area contributed by atoms with E-state index in [0.717, 1.165) is 41.1 Å². The number of hydrogen-bond donors (Lipinski definition) is 0. The average molecular weight is 714 g/mol. The predicted molar refractivity (Wildman–Crippen MR) is 224 cm³/mol. The zero-order valence-corrected chi connectivity index (χ0v) is 31.8. The largest absolute Gasteiger partial charge is 0.313 e. The Morgan fingerprint density at radius 2 is 1.58 bits per heavy atom. The molecule has 0 amide bonds. The highest BCUT2D eigenvalue weighted by Gasteiger charge is 2.46. The Bertz CT molecular complexity index is 2400. The van der Waals surface area contributed by atoms with Crippen LogP contribution in [0, 0.1) is 11.8 Å². The molecule has 2 nitrogen and oxygen atoms in total.